The van der Waals surface area contributed by atoms with Crippen molar-refractivity contribution in [1.82, 2.24) is 14.7 Å². The number of hydrogen-bond donors (Lipinski definition) is 3. The molecule has 0 amide bonds. The van der Waals surface area contributed by atoms with Crippen molar-refractivity contribution in [3.8, 4) is 0 Å². The first-order chi connectivity index (χ1) is 12.4. The molecule has 1 aliphatic heterocycles. The third-order valence-electron chi connectivity index (χ3n) is 4.09. The Morgan fingerprint density at radius 1 is 0.571 bits per heavy atom. The average molecular weight is 506 g/mol. The molecule has 12 nitrogen and oxygen atoms in total. The maximum absolute atomic E-state index is 11.7. The normalized spacial score (nSPS) is 24.6. The van der Waals surface area contributed by atoms with E-state index in [1.165, 1.54) is 14.7 Å². The summed E-state index contributed by atoms with van der Waals surface area (Å²) in [5, 5.41) is 26.8. The molecule has 164 valence electrons. The fourth-order valence-electron chi connectivity index (χ4n) is 2.66. The molecule has 1 aliphatic rings. The molecule has 1 rings (SSSR count). The van der Waals surface area contributed by atoms with Gasteiger partial charge in [-0.3, -0.25) is 14.7 Å². The molecule has 3 N–H and O–H groups in total. The van der Waals surface area contributed by atoms with Gasteiger partial charge in [-0.05, 0) is 0 Å². The topological polar surface area (TPSA) is 191 Å². The van der Waals surface area contributed by atoms with Crippen molar-refractivity contribution < 1.29 is 60.8 Å². The van der Waals surface area contributed by atoms with Crippen LogP contribution in [0.2, 0.25) is 0 Å². The van der Waals surface area contributed by atoms with Crippen molar-refractivity contribution in [2.45, 2.75) is 0 Å². The molecule has 0 aliphatic carbocycles. The van der Waals surface area contributed by atoms with Crippen LogP contribution in [0.25, 0.3) is 0 Å². The Morgan fingerprint density at radius 3 is 0.893 bits per heavy atom. The van der Waals surface area contributed by atoms with E-state index in [0.29, 0.717) is 0 Å². The second-order valence-electron chi connectivity index (χ2n) is 6.65. The Balaban J connectivity index is 0.00000729. The van der Waals surface area contributed by atoms with Crippen molar-refractivity contribution in [3.63, 3.8) is 0 Å². The SMILES string of the molecule is O=P([O-])(CO)CN1CCN(CP(=O)([O-])CO)CCN(CP(=O)([O-])CO)CC1.[Fe+6]. The molecule has 0 spiro atoms. The molecular weight excluding hydrogens is 479 g/mol. The summed E-state index contributed by atoms with van der Waals surface area (Å²) in [6.07, 6.45) is -4.27. The molecule has 1 fully saturated rings. The van der Waals surface area contributed by atoms with Crippen molar-refractivity contribution in [3.05, 3.63) is 0 Å². The molecule has 0 saturated carbocycles. The van der Waals surface area contributed by atoms with Crippen LogP contribution in [0.3, 0.4) is 0 Å². The van der Waals surface area contributed by atoms with Gasteiger partial charge in [0.1, 0.15) is 0 Å². The van der Waals surface area contributed by atoms with E-state index in [9.17, 15) is 28.4 Å². The standard InChI is InChI=1S/C12H30N3O9P3.Fe/c16-10-25(19,20)7-13-1-2-14(8-26(21,22)11-17)5-6-15(4-3-13)9-27(23,24)12-18;/h16-18H,1-12H2,(H,19,20)(H,21,22)(H,23,24);/q;+6/p-3. The third kappa shape index (κ3) is 11.3. The van der Waals surface area contributed by atoms with E-state index < -0.39 is 60.0 Å². The van der Waals surface area contributed by atoms with Crippen molar-refractivity contribution in [1.29, 1.82) is 0 Å². The predicted molar refractivity (Wildman–Crippen MR) is 93.4 cm³/mol. The summed E-state index contributed by atoms with van der Waals surface area (Å²) in [4.78, 5) is 39.7. The third-order valence-corrected chi connectivity index (χ3v) is 7.88. The largest absolute Gasteiger partial charge is 6.00 e. The molecule has 0 bridgehead atoms. The zero-order valence-corrected chi connectivity index (χ0v) is 19.1. The van der Waals surface area contributed by atoms with Crippen molar-refractivity contribution >= 4 is 22.1 Å². The molecule has 0 aromatic heterocycles. The van der Waals surface area contributed by atoms with Crippen LogP contribution < -0.4 is 14.7 Å². The number of aliphatic hydroxyl groups is 3. The van der Waals surface area contributed by atoms with Gasteiger partial charge in [0.25, 0.3) is 0 Å². The fourth-order valence-corrected chi connectivity index (χ4v) is 5.60. The minimum Gasteiger partial charge on any atom is -0.797 e. The van der Waals surface area contributed by atoms with Crippen LogP contribution in [0.15, 0.2) is 0 Å². The van der Waals surface area contributed by atoms with Crippen LogP contribution >= 0.6 is 22.1 Å². The Morgan fingerprint density at radius 2 is 0.750 bits per heavy atom. The first-order valence-electron chi connectivity index (χ1n) is 8.29. The molecule has 28 heavy (non-hydrogen) atoms. The van der Waals surface area contributed by atoms with Gasteiger partial charge in [0.2, 0.25) is 0 Å². The van der Waals surface area contributed by atoms with Gasteiger partial charge in [-0.1, -0.05) is 0 Å². The predicted octanol–water partition coefficient (Wildman–Crippen LogP) is -3.46. The number of rotatable bonds is 9. The summed E-state index contributed by atoms with van der Waals surface area (Å²) in [5.74, 6) is 0. The van der Waals surface area contributed by atoms with Gasteiger partial charge in [0, 0.05) is 58.1 Å². The smallest absolute Gasteiger partial charge is 0.797 e. The molecule has 3 atom stereocenters. The van der Waals surface area contributed by atoms with Crippen molar-refractivity contribution in [2.75, 3.05) is 77.2 Å². The number of nitrogens with zero attached hydrogens (tertiary/aromatic N) is 3. The summed E-state index contributed by atoms with van der Waals surface area (Å²) in [7, 11) is -12.1. The minimum absolute atomic E-state index is 0. The number of hydrogen-bond acceptors (Lipinski definition) is 12. The van der Waals surface area contributed by atoms with Crippen LogP contribution in [-0.4, -0.2) is 107 Å². The average Bonchev–Trinajstić information content (AvgIpc) is 2.67. The van der Waals surface area contributed by atoms with Crippen LogP contribution in [0.1, 0.15) is 0 Å². The molecule has 1 heterocycles. The summed E-state index contributed by atoms with van der Waals surface area (Å²) >= 11 is 0. The molecule has 0 radical (unpaired) electrons. The second kappa shape index (κ2) is 12.6. The second-order valence-corrected chi connectivity index (χ2v) is 13.2. The van der Waals surface area contributed by atoms with Crippen LogP contribution in [-0.2, 0) is 30.8 Å². The molecule has 0 aromatic carbocycles. The fraction of sp³-hybridized carbons (Fsp3) is 1.00. The Labute approximate surface area is 175 Å². The van der Waals surface area contributed by atoms with E-state index in [-0.39, 0.29) is 56.3 Å². The monoisotopic (exact) mass is 506 g/mol. The van der Waals surface area contributed by atoms with Crippen molar-refractivity contribution in [2.24, 2.45) is 0 Å². The molecule has 3 unspecified atom stereocenters. The van der Waals surface area contributed by atoms with E-state index in [2.05, 4.69) is 0 Å². The summed E-state index contributed by atoms with van der Waals surface area (Å²) in [6, 6.07) is 0. The van der Waals surface area contributed by atoms with E-state index in [4.69, 9.17) is 15.3 Å². The maximum Gasteiger partial charge on any atom is 6.00 e. The van der Waals surface area contributed by atoms with E-state index in [1.54, 1.807) is 0 Å². The van der Waals surface area contributed by atoms with Gasteiger partial charge < -0.3 is 43.7 Å². The first-order valence-corrected chi connectivity index (χ1v) is 14.3. The molecule has 0 aromatic rings. The van der Waals surface area contributed by atoms with Crippen LogP contribution in [0, 0.1) is 0 Å². The van der Waals surface area contributed by atoms with E-state index >= 15 is 0 Å². The summed E-state index contributed by atoms with van der Waals surface area (Å²) < 4.78 is 35.2. The van der Waals surface area contributed by atoms with Gasteiger partial charge in [0.15, 0.2) is 0 Å². The van der Waals surface area contributed by atoms with Gasteiger partial charge in [-0.25, -0.2) is 0 Å². The van der Waals surface area contributed by atoms with Gasteiger partial charge in [0.05, 0.1) is 41.2 Å². The van der Waals surface area contributed by atoms with E-state index in [1.807, 2.05) is 0 Å². The molecular formula is C12H27FeN3O9P3+3. The minimum atomic E-state index is -4.04. The molecule has 16 heteroatoms. The maximum atomic E-state index is 11.7. The van der Waals surface area contributed by atoms with E-state index in [0.717, 1.165) is 0 Å². The Bertz CT molecular complexity index is 521. The zero-order valence-electron chi connectivity index (χ0n) is 15.3. The van der Waals surface area contributed by atoms with Crippen LogP contribution in [0.4, 0.5) is 0 Å². The van der Waals surface area contributed by atoms with Gasteiger partial charge in [-0.2, -0.15) is 0 Å². The van der Waals surface area contributed by atoms with Gasteiger partial charge >= 0.3 is 17.1 Å². The Hall–Kier alpha value is 0.849. The van der Waals surface area contributed by atoms with Crippen LogP contribution in [0.5, 0.6) is 0 Å². The van der Waals surface area contributed by atoms with Gasteiger partial charge in [-0.15, -0.1) is 0 Å². The summed E-state index contributed by atoms with van der Waals surface area (Å²) in [5.41, 5.74) is 0. The first kappa shape index (κ1) is 28.8. The molecule has 1 saturated heterocycles. The number of aliphatic hydroxyl groups excluding tert-OH is 3. The quantitative estimate of drug-likeness (QED) is 0.207. The Kier molecular flexibility index (Phi) is 13.0. The zero-order chi connectivity index (χ0) is 20.7. The summed E-state index contributed by atoms with van der Waals surface area (Å²) in [6.45, 7) is 1.17.